The molecule has 7 heteroatoms. The maximum atomic E-state index is 11.9. The largest absolute Gasteiger partial charge is 0.494 e. The van der Waals surface area contributed by atoms with Gasteiger partial charge in [0, 0.05) is 31.1 Å². The van der Waals surface area contributed by atoms with E-state index in [1.165, 1.54) is 14.0 Å². The number of benzene rings is 1. The van der Waals surface area contributed by atoms with Gasteiger partial charge in [0.25, 0.3) is 0 Å². The van der Waals surface area contributed by atoms with Crippen LogP contribution in [0.15, 0.2) is 18.2 Å². The van der Waals surface area contributed by atoms with Gasteiger partial charge >= 0.3 is 0 Å². The average molecular weight is 316 g/mol. The van der Waals surface area contributed by atoms with E-state index in [9.17, 15) is 9.59 Å². The summed E-state index contributed by atoms with van der Waals surface area (Å²) in [5.74, 6) is 0.108. The Bertz CT molecular complexity index is 494. The van der Waals surface area contributed by atoms with Crippen molar-refractivity contribution < 1.29 is 14.3 Å². The number of ether oxygens (including phenoxy) is 1. The fourth-order valence-corrected chi connectivity index (χ4v) is 1.73. The lowest BCUT2D eigenvalue weighted by atomic mass is 10.1. The summed E-state index contributed by atoms with van der Waals surface area (Å²) in [7, 11) is 3.31. The number of amides is 2. The number of carbonyl (C=O) groups excluding carboxylic acids is 2. The van der Waals surface area contributed by atoms with E-state index in [1.54, 1.807) is 25.2 Å². The van der Waals surface area contributed by atoms with Crippen LogP contribution in [0.25, 0.3) is 0 Å². The topological polar surface area (TPSA) is 79.5 Å². The third-order valence-corrected chi connectivity index (χ3v) is 2.74. The molecule has 0 radical (unpaired) electrons. The van der Waals surface area contributed by atoms with Gasteiger partial charge in [-0.3, -0.25) is 9.59 Å². The van der Waals surface area contributed by atoms with Crippen LogP contribution in [0.1, 0.15) is 13.8 Å². The summed E-state index contributed by atoms with van der Waals surface area (Å²) >= 11 is 0. The van der Waals surface area contributed by atoms with Crippen molar-refractivity contribution in [1.29, 1.82) is 0 Å². The van der Waals surface area contributed by atoms with Crippen molar-refractivity contribution in [3.63, 3.8) is 0 Å². The minimum Gasteiger partial charge on any atom is -0.494 e. The molecular formula is C14H22ClN3O3. The first-order valence-corrected chi connectivity index (χ1v) is 6.39. The van der Waals surface area contributed by atoms with Crippen molar-refractivity contribution in [3.8, 4) is 5.75 Å². The van der Waals surface area contributed by atoms with Crippen molar-refractivity contribution in [2.24, 2.45) is 5.92 Å². The fourth-order valence-electron chi connectivity index (χ4n) is 1.73. The molecule has 0 bridgehead atoms. The van der Waals surface area contributed by atoms with Crippen LogP contribution in [-0.4, -0.2) is 32.5 Å². The zero-order valence-electron chi connectivity index (χ0n) is 12.6. The molecule has 21 heavy (non-hydrogen) atoms. The van der Waals surface area contributed by atoms with Gasteiger partial charge in [0.1, 0.15) is 5.75 Å². The van der Waals surface area contributed by atoms with Crippen molar-refractivity contribution in [2.75, 3.05) is 31.3 Å². The summed E-state index contributed by atoms with van der Waals surface area (Å²) in [5.41, 5.74) is 1.20. The van der Waals surface area contributed by atoms with Crippen LogP contribution in [0, 0.1) is 5.92 Å². The Morgan fingerprint density at radius 3 is 2.48 bits per heavy atom. The fraction of sp³-hybridized carbons (Fsp3) is 0.429. The zero-order valence-corrected chi connectivity index (χ0v) is 13.5. The van der Waals surface area contributed by atoms with Gasteiger partial charge in [-0.15, -0.1) is 12.4 Å². The predicted molar refractivity (Wildman–Crippen MR) is 86.3 cm³/mol. The summed E-state index contributed by atoms with van der Waals surface area (Å²) in [4.78, 5) is 23.0. The number of rotatable bonds is 6. The summed E-state index contributed by atoms with van der Waals surface area (Å²) < 4.78 is 5.20. The van der Waals surface area contributed by atoms with Crippen molar-refractivity contribution in [1.82, 2.24) is 5.32 Å². The number of hydrogen-bond donors (Lipinski definition) is 3. The van der Waals surface area contributed by atoms with E-state index in [0.29, 0.717) is 23.7 Å². The molecule has 0 aliphatic carbocycles. The highest BCUT2D eigenvalue weighted by Crippen LogP contribution is 2.28. The van der Waals surface area contributed by atoms with E-state index in [0.717, 1.165) is 0 Å². The second-order valence-electron chi connectivity index (χ2n) is 4.54. The van der Waals surface area contributed by atoms with E-state index >= 15 is 0 Å². The van der Waals surface area contributed by atoms with Gasteiger partial charge in [-0.25, -0.2) is 0 Å². The number of methoxy groups -OCH3 is 1. The van der Waals surface area contributed by atoms with Gasteiger partial charge in [-0.05, 0) is 19.2 Å². The zero-order chi connectivity index (χ0) is 15.1. The molecule has 118 valence electrons. The molecule has 0 aromatic heterocycles. The molecule has 2 amide bonds. The van der Waals surface area contributed by atoms with Crippen LogP contribution in [0.3, 0.4) is 0 Å². The van der Waals surface area contributed by atoms with Crippen molar-refractivity contribution in [2.45, 2.75) is 13.8 Å². The molecule has 1 aromatic carbocycles. The normalized spacial score (nSPS) is 11.0. The maximum absolute atomic E-state index is 11.9. The molecule has 3 N–H and O–H groups in total. The van der Waals surface area contributed by atoms with Crippen LogP contribution in [0.4, 0.5) is 11.4 Å². The molecule has 0 heterocycles. The van der Waals surface area contributed by atoms with E-state index < -0.39 is 0 Å². The van der Waals surface area contributed by atoms with Crippen LogP contribution >= 0.6 is 12.4 Å². The van der Waals surface area contributed by atoms with E-state index in [-0.39, 0.29) is 30.1 Å². The Balaban J connectivity index is 0.00000400. The van der Waals surface area contributed by atoms with Gasteiger partial charge in [-0.2, -0.15) is 0 Å². The highest BCUT2D eigenvalue weighted by Gasteiger charge is 2.13. The lowest BCUT2D eigenvalue weighted by Crippen LogP contribution is -2.28. The lowest BCUT2D eigenvalue weighted by molar-refractivity contribution is -0.119. The minimum atomic E-state index is -0.178. The number of carbonyl (C=O) groups is 2. The van der Waals surface area contributed by atoms with Crippen LogP contribution in [-0.2, 0) is 9.59 Å². The standard InChI is InChI=1S/C14H21N3O3.ClH/c1-9(8-15-3)14(19)17-11-5-6-12(16-10(2)18)13(7-11)20-4;/h5-7,9,15H,8H2,1-4H3,(H,16,18)(H,17,19);1H. The second kappa shape index (κ2) is 9.20. The SMILES string of the molecule is CNCC(C)C(=O)Nc1ccc(NC(C)=O)c(OC)c1.Cl. The first-order valence-electron chi connectivity index (χ1n) is 6.39. The van der Waals surface area contributed by atoms with E-state index in [2.05, 4.69) is 16.0 Å². The molecule has 0 aliphatic heterocycles. The smallest absolute Gasteiger partial charge is 0.228 e. The highest BCUT2D eigenvalue weighted by molar-refractivity contribution is 5.94. The molecule has 1 aromatic rings. The molecule has 0 saturated carbocycles. The number of hydrogen-bond acceptors (Lipinski definition) is 4. The third-order valence-electron chi connectivity index (χ3n) is 2.74. The van der Waals surface area contributed by atoms with Gasteiger partial charge < -0.3 is 20.7 Å². The number of anilines is 2. The molecule has 0 saturated heterocycles. The molecule has 6 nitrogen and oxygen atoms in total. The van der Waals surface area contributed by atoms with Crippen LogP contribution in [0.5, 0.6) is 5.75 Å². The molecule has 1 rings (SSSR count). The van der Waals surface area contributed by atoms with Crippen LogP contribution < -0.4 is 20.7 Å². The van der Waals surface area contributed by atoms with Gasteiger partial charge in [0.2, 0.25) is 11.8 Å². The van der Waals surface area contributed by atoms with Gasteiger partial charge in [0.15, 0.2) is 0 Å². The van der Waals surface area contributed by atoms with Gasteiger partial charge in [0.05, 0.1) is 12.8 Å². The lowest BCUT2D eigenvalue weighted by Gasteiger charge is -2.14. The summed E-state index contributed by atoms with van der Waals surface area (Å²) in [6, 6.07) is 5.09. The van der Waals surface area contributed by atoms with Crippen molar-refractivity contribution >= 4 is 35.6 Å². The predicted octanol–water partition coefficient (Wildman–Crippen LogP) is 1.87. The maximum Gasteiger partial charge on any atom is 0.228 e. The molecule has 1 unspecified atom stereocenters. The highest BCUT2D eigenvalue weighted by atomic mass is 35.5. The average Bonchev–Trinajstić information content (AvgIpc) is 2.40. The quantitative estimate of drug-likeness (QED) is 0.749. The summed E-state index contributed by atoms with van der Waals surface area (Å²) in [6.07, 6.45) is 0. The molecule has 0 aliphatic rings. The Morgan fingerprint density at radius 1 is 1.29 bits per heavy atom. The monoisotopic (exact) mass is 315 g/mol. The van der Waals surface area contributed by atoms with Crippen LogP contribution in [0.2, 0.25) is 0 Å². The number of halogens is 1. The molecular weight excluding hydrogens is 294 g/mol. The Hall–Kier alpha value is -1.79. The summed E-state index contributed by atoms with van der Waals surface area (Å²) in [6.45, 7) is 3.87. The first kappa shape index (κ1) is 19.2. The second-order valence-corrected chi connectivity index (χ2v) is 4.54. The first-order chi connectivity index (χ1) is 9.47. The third kappa shape index (κ3) is 6.01. The van der Waals surface area contributed by atoms with E-state index in [4.69, 9.17) is 4.74 Å². The van der Waals surface area contributed by atoms with Crippen molar-refractivity contribution in [3.05, 3.63) is 18.2 Å². The van der Waals surface area contributed by atoms with E-state index in [1.807, 2.05) is 6.92 Å². The molecule has 0 spiro atoms. The number of nitrogens with one attached hydrogen (secondary N) is 3. The molecule has 0 fully saturated rings. The minimum absolute atomic E-state index is 0. The summed E-state index contributed by atoms with van der Waals surface area (Å²) in [5, 5.41) is 8.43. The Labute approximate surface area is 131 Å². The Kier molecular flexibility index (Phi) is 8.42. The van der Waals surface area contributed by atoms with Gasteiger partial charge in [-0.1, -0.05) is 6.92 Å². The Morgan fingerprint density at radius 2 is 1.95 bits per heavy atom. The molecule has 1 atom stereocenters.